The molecule has 0 amide bonds. The summed E-state index contributed by atoms with van der Waals surface area (Å²) >= 11 is 12.1. The van der Waals surface area contributed by atoms with Gasteiger partial charge < -0.3 is 0 Å². The summed E-state index contributed by atoms with van der Waals surface area (Å²) in [7, 11) is 0. The predicted molar refractivity (Wildman–Crippen MR) is 107 cm³/mol. The third-order valence-electron chi connectivity index (χ3n) is 5.12. The number of halogens is 2. The van der Waals surface area contributed by atoms with Gasteiger partial charge in [-0.15, -0.1) is 0 Å². The van der Waals surface area contributed by atoms with Crippen molar-refractivity contribution in [1.82, 2.24) is 4.90 Å². The molecule has 4 heteroatoms. The molecule has 0 N–H and O–H groups in total. The molecule has 2 heterocycles. The highest BCUT2D eigenvalue weighted by Crippen LogP contribution is 2.55. The van der Waals surface area contributed by atoms with Crippen molar-refractivity contribution in [3.8, 4) is 0 Å². The fourth-order valence-corrected chi connectivity index (χ4v) is 4.12. The molecule has 26 heavy (non-hydrogen) atoms. The Kier molecular flexibility index (Phi) is 3.86. The number of rotatable bonds is 3. The summed E-state index contributed by atoms with van der Waals surface area (Å²) in [6.07, 6.45) is 0.0214. The van der Waals surface area contributed by atoms with Crippen LogP contribution in [-0.4, -0.2) is 16.7 Å². The van der Waals surface area contributed by atoms with E-state index in [0.717, 1.165) is 21.3 Å². The minimum Gasteiger partial charge on any atom is -0.263 e. The first kappa shape index (κ1) is 16.1. The van der Waals surface area contributed by atoms with Crippen LogP contribution in [-0.2, 0) is 0 Å². The fraction of sp³-hybridized carbons (Fsp3) is 0.136. The Labute approximate surface area is 162 Å². The van der Waals surface area contributed by atoms with Crippen LogP contribution in [0.5, 0.6) is 0 Å². The van der Waals surface area contributed by atoms with Crippen LogP contribution in [0.2, 0.25) is 10.0 Å². The van der Waals surface area contributed by atoms with Gasteiger partial charge in [0, 0.05) is 10.0 Å². The number of hydrogen-bond acceptors (Lipinski definition) is 2. The molecular weight excluding hydrogens is 363 g/mol. The molecule has 3 aromatic carbocycles. The molecule has 0 aliphatic carbocycles. The summed E-state index contributed by atoms with van der Waals surface area (Å²) in [5.74, 6) is 0. The second kappa shape index (κ2) is 6.24. The molecule has 0 radical (unpaired) electrons. The topological polar surface area (TPSA) is 15.4 Å². The molecule has 2 aliphatic rings. The highest BCUT2D eigenvalue weighted by Gasteiger charge is 2.59. The maximum atomic E-state index is 6.07. The average molecular weight is 379 g/mol. The van der Waals surface area contributed by atoms with Crippen molar-refractivity contribution < 1.29 is 0 Å². The van der Waals surface area contributed by atoms with Gasteiger partial charge in [0.1, 0.15) is 6.17 Å². The lowest BCUT2D eigenvalue weighted by Crippen LogP contribution is -2.08. The van der Waals surface area contributed by atoms with Crippen LogP contribution in [0.25, 0.3) is 0 Å². The Morgan fingerprint density at radius 3 is 1.92 bits per heavy atom. The van der Waals surface area contributed by atoms with Crippen molar-refractivity contribution in [3.05, 3.63) is 106 Å². The number of aliphatic imine (C=N–C) groups is 1. The van der Waals surface area contributed by atoms with Crippen molar-refractivity contribution in [2.24, 2.45) is 4.99 Å². The largest absolute Gasteiger partial charge is 0.263 e. The van der Waals surface area contributed by atoms with E-state index in [1.165, 1.54) is 11.1 Å². The van der Waals surface area contributed by atoms with E-state index in [1.807, 2.05) is 24.3 Å². The van der Waals surface area contributed by atoms with E-state index in [4.69, 9.17) is 28.2 Å². The van der Waals surface area contributed by atoms with E-state index in [2.05, 4.69) is 59.5 Å². The van der Waals surface area contributed by atoms with Gasteiger partial charge in [-0.3, -0.25) is 9.89 Å². The average Bonchev–Trinajstić information content (AvgIpc) is 3.29. The highest BCUT2D eigenvalue weighted by molar-refractivity contribution is 6.31. The lowest BCUT2D eigenvalue weighted by atomic mass is 10.0. The van der Waals surface area contributed by atoms with Crippen LogP contribution in [0.3, 0.4) is 0 Å². The van der Waals surface area contributed by atoms with Gasteiger partial charge in [-0.05, 0) is 41.0 Å². The third-order valence-corrected chi connectivity index (χ3v) is 5.63. The molecule has 4 atom stereocenters. The van der Waals surface area contributed by atoms with E-state index < -0.39 is 0 Å². The number of hydrogen-bond donors (Lipinski definition) is 0. The molecule has 0 saturated carbocycles. The molecular formula is C22H16Cl2N2. The smallest absolute Gasteiger partial charge is 0.129 e. The van der Waals surface area contributed by atoms with Gasteiger partial charge in [-0.25, -0.2) is 0 Å². The molecule has 4 unspecified atom stereocenters. The van der Waals surface area contributed by atoms with E-state index in [0.29, 0.717) is 12.1 Å². The Morgan fingerprint density at radius 1 is 0.654 bits per heavy atom. The lowest BCUT2D eigenvalue weighted by molar-refractivity contribution is 0.404. The Bertz CT molecular complexity index is 965. The van der Waals surface area contributed by atoms with Crippen LogP contribution in [0.15, 0.2) is 83.9 Å². The van der Waals surface area contributed by atoms with E-state index >= 15 is 0 Å². The Morgan fingerprint density at radius 2 is 1.27 bits per heavy atom. The summed E-state index contributed by atoms with van der Waals surface area (Å²) in [6.45, 7) is 0. The van der Waals surface area contributed by atoms with Crippen molar-refractivity contribution in [2.75, 3.05) is 0 Å². The summed E-state index contributed by atoms with van der Waals surface area (Å²) in [4.78, 5) is 7.51. The fourth-order valence-electron chi connectivity index (χ4n) is 3.87. The molecule has 0 spiro atoms. The molecule has 2 aliphatic heterocycles. The van der Waals surface area contributed by atoms with E-state index in [1.54, 1.807) is 0 Å². The first-order valence-corrected chi connectivity index (χ1v) is 9.39. The van der Waals surface area contributed by atoms with Gasteiger partial charge >= 0.3 is 0 Å². The summed E-state index contributed by atoms with van der Waals surface area (Å²) in [5, 5.41) is 1.49. The standard InChI is InChI=1S/C22H16Cl2N2/c23-17-10-6-14(7-11-17)19-21-20(15-4-2-1-3-5-15)26(21)22(25-19)16-8-12-18(24)13-9-16/h1-13,20-22H. The van der Waals surface area contributed by atoms with Gasteiger partial charge in [-0.1, -0.05) is 77.8 Å². The van der Waals surface area contributed by atoms with Gasteiger partial charge in [-0.2, -0.15) is 0 Å². The second-order valence-electron chi connectivity index (χ2n) is 6.69. The van der Waals surface area contributed by atoms with Crippen LogP contribution >= 0.6 is 23.2 Å². The van der Waals surface area contributed by atoms with Gasteiger partial charge in [0.2, 0.25) is 0 Å². The van der Waals surface area contributed by atoms with E-state index in [-0.39, 0.29) is 6.17 Å². The van der Waals surface area contributed by atoms with Crippen LogP contribution in [0.1, 0.15) is 28.9 Å². The number of benzene rings is 3. The maximum absolute atomic E-state index is 6.07. The zero-order valence-electron chi connectivity index (χ0n) is 13.9. The summed E-state index contributed by atoms with van der Waals surface area (Å²) < 4.78 is 0. The summed E-state index contributed by atoms with van der Waals surface area (Å²) in [5.41, 5.74) is 4.77. The van der Waals surface area contributed by atoms with Gasteiger partial charge in [0.05, 0.1) is 17.8 Å². The van der Waals surface area contributed by atoms with Crippen LogP contribution < -0.4 is 0 Å². The second-order valence-corrected chi connectivity index (χ2v) is 7.57. The molecule has 0 bridgehead atoms. The highest BCUT2D eigenvalue weighted by atomic mass is 35.5. The Hall–Kier alpha value is -2.13. The first-order valence-electron chi connectivity index (χ1n) is 8.64. The molecule has 3 aromatic rings. The van der Waals surface area contributed by atoms with Crippen molar-refractivity contribution in [1.29, 1.82) is 0 Å². The van der Waals surface area contributed by atoms with Crippen molar-refractivity contribution in [2.45, 2.75) is 18.2 Å². The van der Waals surface area contributed by atoms with E-state index in [9.17, 15) is 0 Å². The number of fused-ring (bicyclic) bond motifs is 1. The van der Waals surface area contributed by atoms with Crippen LogP contribution in [0.4, 0.5) is 0 Å². The van der Waals surface area contributed by atoms with Gasteiger partial charge in [0.15, 0.2) is 0 Å². The molecule has 1 fully saturated rings. The monoisotopic (exact) mass is 378 g/mol. The SMILES string of the molecule is Clc1ccc(C2=NC(c3ccc(Cl)cc3)N3C2C3c2ccccc2)cc1. The minimum atomic E-state index is 0.0214. The third kappa shape index (κ3) is 2.66. The quantitative estimate of drug-likeness (QED) is 0.516. The molecule has 128 valence electrons. The Balaban J connectivity index is 1.56. The van der Waals surface area contributed by atoms with Gasteiger partial charge in [0.25, 0.3) is 0 Å². The predicted octanol–water partition coefficient (Wildman–Crippen LogP) is 5.92. The minimum absolute atomic E-state index is 0.0214. The molecule has 2 nitrogen and oxygen atoms in total. The normalized spacial score (nSPS) is 26.3. The molecule has 5 rings (SSSR count). The molecule has 1 saturated heterocycles. The summed E-state index contributed by atoms with van der Waals surface area (Å²) in [6, 6.07) is 27.3. The van der Waals surface area contributed by atoms with Crippen molar-refractivity contribution in [3.63, 3.8) is 0 Å². The lowest BCUT2D eigenvalue weighted by Gasteiger charge is -2.14. The molecule has 0 aromatic heterocycles. The van der Waals surface area contributed by atoms with Crippen LogP contribution in [0, 0.1) is 0 Å². The zero-order valence-corrected chi connectivity index (χ0v) is 15.4. The zero-order chi connectivity index (χ0) is 17.7. The maximum Gasteiger partial charge on any atom is 0.129 e. The first-order chi connectivity index (χ1) is 12.7. The number of nitrogens with zero attached hydrogens (tertiary/aromatic N) is 2. The van der Waals surface area contributed by atoms with Crippen molar-refractivity contribution >= 4 is 28.9 Å².